The van der Waals surface area contributed by atoms with Crippen molar-refractivity contribution in [2.75, 3.05) is 19.7 Å². The predicted octanol–water partition coefficient (Wildman–Crippen LogP) is 2.30. The van der Waals surface area contributed by atoms with Crippen molar-refractivity contribution in [2.24, 2.45) is 10.9 Å². The van der Waals surface area contributed by atoms with E-state index in [0.29, 0.717) is 6.54 Å². The number of aliphatic hydroxyl groups is 1. The molecule has 4 nitrogen and oxygen atoms in total. The summed E-state index contributed by atoms with van der Waals surface area (Å²) >= 11 is 0. The lowest BCUT2D eigenvalue weighted by atomic mass is 10.1. The van der Waals surface area contributed by atoms with E-state index in [1.807, 2.05) is 13.8 Å². The maximum atomic E-state index is 9.01. The highest BCUT2D eigenvalue weighted by Crippen LogP contribution is 2.04. The fourth-order valence-corrected chi connectivity index (χ4v) is 1.54. The SMILES string of the molecule is CCNC(=NCc1ccc(C)cc1)NCC(C)CO.I. The van der Waals surface area contributed by atoms with Crippen LogP contribution in [0.4, 0.5) is 0 Å². The molecular weight excluding hydrogens is 365 g/mol. The van der Waals surface area contributed by atoms with Gasteiger partial charge in [-0.25, -0.2) is 4.99 Å². The number of hydrogen-bond acceptors (Lipinski definition) is 2. The van der Waals surface area contributed by atoms with Crippen molar-refractivity contribution in [2.45, 2.75) is 27.3 Å². The molecule has 3 N–H and O–H groups in total. The van der Waals surface area contributed by atoms with Crippen LogP contribution in [0.1, 0.15) is 25.0 Å². The van der Waals surface area contributed by atoms with Gasteiger partial charge in [-0.3, -0.25) is 0 Å². The van der Waals surface area contributed by atoms with Crippen molar-refractivity contribution in [3.05, 3.63) is 35.4 Å². The van der Waals surface area contributed by atoms with Crippen molar-refractivity contribution < 1.29 is 5.11 Å². The zero-order valence-electron chi connectivity index (χ0n) is 12.5. The number of halogens is 1. The zero-order chi connectivity index (χ0) is 14.1. The number of nitrogens with zero attached hydrogens (tertiary/aromatic N) is 1. The van der Waals surface area contributed by atoms with Crippen LogP contribution in [0.3, 0.4) is 0 Å². The maximum Gasteiger partial charge on any atom is 0.191 e. The van der Waals surface area contributed by atoms with E-state index < -0.39 is 0 Å². The van der Waals surface area contributed by atoms with Crippen molar-refractivity contribution >= 4 is 29.9 Å². The fourth-order valence-electron chi connectivity index (χ4n) is 1.54. The molecule has 0 amide bonds. The average molecular weight is 391 g/mol. The Morgan fingerprint density at radius 1 is 1.25 bits per heavy atom. The lowest BCUT2D eigenvalue weighted by Gasteiger charge is -2.14. The van der Waals surface area contributed by atoms with Crippen molar-refractivity contribution in [3.8, 4) is 0 Å². The number of aliphatic hydroxyl groups excluding tert-OH is 1. The first kappa shape index (κ1) is 19.2. The number of nitrogens with one attached hydrogen (secondary N) is 2. The number of hydrogen-bond donors (Lipinski definition) is 3. The van der Waals surface area contributed by atoms with E-state index in [2.05, 4.69) is 46.8 Å². The van der Waals surface area contributed by atoms with Gasteiger partial charge in [0.05, 0.1) is 6.54 Å². The van der Waals surface area contributed by atoms with Crippen LogP contribution >= 0.6 is 24.0 Å². The van der Waals surface area contributed by atoms with E-state index in [-0.39, 0.29) is 36.5 Å². The molecule has 1 aromatic carbocycles. The molecule has 114 valence electrons. The monoisotopic (exact) mass is 391 g/mol. The molecule has 0 aromatic heterocycles. The molecule has 1 rings (SSSR count). The van der Waals surface area contributed by atoms with Crippen LogP contribution in [0, 0.1) is 12.8 Å². The first-order chi connectivity index (χ1) is 9.15. The summed E-state index contributed by atoms with van der Waals surface area (Å²) in [5.74, 6) is 1.02. The summed E-state index contributed by atoms with van der Waals surface area (Å²) in [6.07, 6.45) is 0. The fraction of sp³-hybridized carbons (Fsp3) is 0.533. The van der Waals surface area contributed by atoms with Gasteiger partial charge in [0.15, 0.2) is 5.96 Å². The molecule has 0 fully saturated rings. The van der Waals surface area contributed by atoms with Gasteiger partial charge in [-0.15, -0.1) is 24.0 Å². The topological polar surface area (TPSA) is 56.7 Å². The van der Waals surface area contributed by atoms with Crippen LogP contribution in [0.25, 0.3) is 0 Å². The minimum Gasteiger partial charge on any atom is -0.396 e. The summed E-state index contributed by atoms with van der Waals surface area (Å²) in [6, 6.07) is 8.38. The summed E-state index contributed by atoms with van der Waals surface area (Å²) in [5.41, 5.74) is 2.45. The van der Waals surface area contributed by atoms with E-state index in [9.17, 15) is 0 Å². The second-order valence-corrected chi connectivity index (χ2v) is 4.85. The molecule has 1 unspecified atom stereocenters. The Bertz CT molecular complexity index is 393. The van der Waals surface area contributed by atoms with Gasteiger partial charge in [0.2, 0.25) is 0 Å². The summed E-state index contributed by atoms with van der Waals surface area (Å²) in [5, 5.41) is 15.4. The van der Waals surface area contributed by atoms with E-state index in [0.717, 1.165) is 19.0 Å². The molecular formula is C15H26IN3O. The Balaban J connectivity index is 0.00000361. The minimum atomic E-state index is 0. The number of rotatable bonds is 6. The van der Waals surface area contributed by atoms with Crippen LogP contribution in [-0.2, 0) is 6.54 Å². The summed E-state index contributed by atoms with van der Waals surface area (Å²) < 4.78 is 0. The van der Waals surface area contributed by atoms with Gasteiger partial charge >= 0.3 is 0 Å². The van der Waals surface area contributed by atoms with Crippen molar-refractivity contribution in [3.63, 3.8) is 0 Å². The van der Waals surface area contributed by atoms with Gasteiger partial charge in [0.1, 0.15) is 0 Å². The Kier molecular flexibility index (Phi) is 10.5. The van der Waals surface area contributed by atoms with Gasteiger partial charge in [0.25, 0.3) is 0 Å². The molecule has 0 saturated heterocycles. The van der Waals surface area contributed by atoms with Crippen LogP contribution in [0.5, 0.6) is 0 Å². The van der Waals surface area contributed by atoms with Gasteiger partial charge in [-0.2, -0.15) is 0 Å². The average Bonchev–Trinajstić information content (AvgIpc) is 2.43. The lowest BCUT2D eigenvalue weighted by Crippen LogP contribution is -2.39. The first-order valence-electron chi connectivity index (χ1n) is 6.84. The number of benzene rings is 1. The third kappa shape index (κ3) is 7.69. The van der Waals surface area contributed by atoms with E-state index in [1.54, 1.807) is 0 Å². The molecule has 0 heterocycles. The molecule has 0 spiro atoms. The number of aryl methyl sites for hydroxylation is 1. The molecule has 5 heteroatoms. The summed E-state index contributed by atoms with van der Waals surface area (Å²) in [7, 11) is 0. The normalized spacial score (nSPS) is 12.5. The molecule has 20 heavy (non-hydrogen) atoms. The van der Waals surface area contributed by atoms with E-state index in [1.165, 1.54) is 11.1 Å². The third-order valence-corrected chi connectivity index (χ3v) is 2.81. The number of aliphatic imine (C=N–C) groups is 1. The highest BCUT2D eigenvalue weighted by atomic mass is 127. The molecule has 0 aliphatic rings. The van der Waals surface area contributed by atoms with Crippen molar-refractivity contribution in [1.82, 2.24) is 10.6 Å². The minimum absolute atomic E-state index is 0. The van der Waals surface area contributed by atoms with Crippen LogP contribution in [-0.4, -0.2) is 30.8 Å². The van der Waals surface area contributed by atoms with Crippen LogP contribution < -0.4 is 10.6 Å². The molecule has 0 saturated carbocycles. The van der Waals surface area contributed by atoms with Crippen LogP contribution in [0.2, 0.25) is 0 Å². The quantitative estimate of drug-likeness (QED) is 0.396. The third-order valence-electron chi connectivity index (χ3n) is 2.81. The molecule has 0 aliphatic carbocycles. The standard InChI is InChI=1S/C15H25N3O.HI/c1-4-16-15(17-9-13(3)11-19)18-10-14-7-5-12(2)6-8-14;/h5-8,13,19H,4,9-11H2,1-3H3,(H2,16,17,18);1H. The molecule has 1 aromatic rings. The highest BCUT2D eigenvalue weighted by molar-refractivity contribution is 14.0. The van der Waals surface area contributed by atoms with Gasteiger partial charge < -0.3 is 15.7 Å². The second kappa shape index (κ2) is 10.9. The van der Waals surface area contributed by atoms with E-state index >= 15 is 0 Å². The second-order valence-electron chi connectivity index (χ2n) is 4.85. The Labute approximate surface area is 139 Å². The Hall–Kier alpha value is -0.820. The van der Waals surface area contributed by atoms with Gasteiger partial charge in [-0.1, -0.05) is 36.8 Å². The van der Waals surface area contributed by atoms with Crippen molar-refractivity contribution in [1.29, 1.82) is 0 Å². The predicted molar refractivity (Wildman–Crippen MR) is 95.7 cm³/mol. The number of guanidine groups is 1. The first-order valence-corrected chi connectivity index (χ1v) is 6.84. The lowest BCUT2D eigenvalue weighted by molar-refractivity contribution is 0.238. The highest BCUT2D eigenvalue weighted by Gasteiger charge is 2.02. The zero-order valence-corrected chi connectivity index (χ0v) is 14.8. The molecule has 0 aliphatic heterocycles. The smallest absolute Gasteiger partial charge is 0.191 e. The summed E-state index contributed by atoms with van der Waals surface area (Å²) in [6.45, 7) is 8.50. The molecule has 0 bridgehead atoms. The van der Waals surface area contributed by atoms with Crippen LogP contribution in [0.15, 0.2) is 29.3 Å². The largest absolute Gasteiger partial charge is 0.396 e. The van der Waals surface area contributed by atoms with Gasteiger partial charge in [-0.05, 0) is 25.3 Å². The summed E-state index contributed by atoms with van der Waals surface area (Å²) in [4.78, 5) is 4.53. The Morgan fingerprint density at radius 3 is 2.45 bits per heavy atom. The molecule has 1 atom stereocenters. The Morgan fingerprint density at radius 2 is 1.90 bits per heavy atom. The van der Waals surface area contributed by atoms with Gasteiger partial charge in [0, 0.05) is 19.7 Å². The maximum absolute atomic E-state index is 9.01. The van der Waals surface area contributed by atoms with E-state index in [4.69, 9.17) is 5.11 Å². The molecule has 0 radical (unpaired) electrons.